The molecule has 2 heterocycles. The average molecular weight is 294 g/mol. The van der Waals surface area contributed by atoms with Crippen LogP contribution in [0.15, 0.2) is 18.3 Å². The van der Waals surface area contributed by atoms with Crippen LogP contribution >= 0.6 is 0 Å². The molecule has 0 radical (unpaired) electrons. The summed E-state index contributed by atoms with van der Waals surface area (Å²) >= 11 is 0. The highest BCUT2D eigenvalue weighted by molar-refractivity contribution is 7.88. The lowest BCUT2D eigenvalue weighted by Gasteiger charge is -2.37. The average Bonchev–Trinajstić information content (AvgIpc) is 2.46. The van der Waals surface area contributed by atoms with Crippen molar-refractivity contribution in [2.75, 3.05) is 31.3 Å². The summed E-state index contributed by atoms with van der Waals surface area (Å²) in [6, 6.07) is 5.54. The predicted octanol–water partition coefficient (Wildman–Crippen LogP) is 0.813. The largest absolute Gasteiger partial charge is 0.355 e. The normalized spacial score (nSPS) is 19.9. The van der Waals surface area contributed by atoms with Crippen LogP contribution in [0.5, 0.6) is 0 Å². The molecular weight excluding hydrogens is 276 g/mol. The summed E-state index contributed by atoms with van der Waals surface area (Å²) in [7, 11) is -1.55. The number of piperidine rings is 1. The van der Waals surface area contributed by atoms with Gasteiger partial charge in [0, 0.05) is 32.4 Å². The fourth-order valence-electron chi connectivity index (χ4n) is 2.37. The van der Waals surface area contributed by atoms with E-state index in [0.717, 1.165) is 25.2 Å². The summed E-state index contributed by atoms with van der Waals surface area (Å²) in [5.74, 6) is 0.788. The Morgan fingerprint density at radius 3 is 2.80 bits per heavy atom. The number of sulfonamides is 1. The first-order chi connectivity index (χ1) is 9.41. The van der Waals surface area contributed by atoms with Crippen LogP contribution < -0.4 is 4.90 Å². The van der Waals surface area contributed by atoms with Gasteiger partial charge in [0.15, 0.2) is 0 Å². The lowest BCUT2D eigenvalue weighted by atomic mass is 10.1. The third-order valence-corrected chi connectivity index (χ3v) is 4.98. The third-order valence-electron chi connectivity index (χ3n) is 3.63. The zero-order valence-corrected chi connectivity index (χ0v) is 12.5. The molecule has 0 saturated carbocycles. The van der Waals surface area contributed by atoms with Gasteiger partial charge in [-0.3, -0.25) is 0 Å². The molecule has 1 saturated heterocycles. The number of hydrogen-bond donors (Lipinski definition) is 0. The Kier molecular flexibility index (Phi) is 4.26. The first-order valence-corrected chi connectivity index (χ1v) is 8.31. The van der Waals surface area contributed by atoms with Crippen LogP contribution in [-0.2, 0) is 10.0 Å². The number of hydrogen-bond acceptors (Lipinski definition) is 5. The molecule has 2 rings (SSSR count). The van der Waals surface area contributed by atoms with Crippen molar-refractivity contribution in [1.29, 1.82) is 5.26 Å². The number of nitrogens with zero attached hydrogens (tertiary/aromatic N) is 4. The van der Waals surface area contributed by atoms with Gasteiger partial charge in [0.1, 0.15) is 11.9 Å². The standard InChI is InChI=1S/C13H18N4O2S/c1-16(20(2,18)19)12-4-3-7-17(10-12)13-6-5-11(8-14)9-15-13/h5-6,9,12H,3-4,7,10H2,1-2H3. The Labute approximate surface area is 119 Å². The fourth-order valence-corrected chi connectivity index (χ4v) is 3.08. The molecule has 1 atom stereocenters. The number of pyridine rings is 1. The monoisotopic (exact) mass is 294 g/mol. The third kappa shape index (κ3) is 3.26. The molecule has 1 aromatic rings. The van der Waals surface area contributed by atoms with Crippen LogP contribution in [0.1, 0.15) is 18.4 Å². The van der Waals surface area contributed by atoms with Crippen molar-refractivity contribution in [3.63, 3.8) is 0 Å². The highest BCUT2D eigenvalue weighted by Gasteiger charge is 2.28. The Balaban J connectivity index is 2.12. The zero-order chi connectivity index (χ0) is 14.8. The van der Waals surface area contributed by atoms with Gasteiger partial charge in [0.05, 0.1) is 11.8 Å². The Hall–Kier alpha value is -1.65. The topological polar surface area (TPSA) is 77.3 Å². The predicted molar refractivity (Wildman–Crippen MR) is 76.8 cm³/mol. The smallest absolute Gasteiger partial charge is 0.211 e. The fraction of sp³-hybridized carbons (Fsp3) is 0.538. The summed E-state index contributed by atoms with van der Waals surface area (Å²) in [6.07, 6.45) is 4.55. The number of aromatic nitrogens is 1. The van der Waals surface area contributed by atoms with Crippen LogP contribution in [0.3, 0.4) is 0 Å². The maximum atomic E-state index is 11.6. The second-order valence-electron chi connectivity index (χ2n) is 5.04. The van der Waals surface area contributed by atoms with E-state index in [4.69, 9.17) is 5.26 Å². The van der Waals surface area contributed by atoms with Gasteiger partial charge < -0.3 is 4.90 Å². The number of rotatable bonds is 3. The minimum Gasteiger partial charge on any atom is -0.355 e. The SMILES string of the molecule is CN(C1CCCN(c2ccc(C#N)cn2)C1)S(C)(=O)=O. The van der Waals surface area contributed by atoms with Crippen molar-refractivity contribution in [3.8, 4) is 6.07 Å². The summed E-state index contributed by atoms with van der Waals surface area (Å²) in [5.41, 5.74) is 0.524. The summed E-state index contributed by atoms with van der Waals surface area (Å²) in [4.78, 5) is 6.33. The van der Waals surface area contributed by atoms with E-state index < -0.39 is 10.0 Å². The molecule has 108 valence electrons. The molecule has 0 bridgehead atoms. The molecule has 0 aliphatic carbocycles. The molecule has 0 spiro atoms. The van der Waals surface area contributed by atoms with Gasteiger partial charge in [-0.2, -0.15) is 5.26 Å². The van der Waals surface area contributed by atoms with E-state index in [2.05, 4.69) is 9.88 Å². The molecule has 0 amide bonds. The molecule has 1 aromatic heterocycles. The van der Waals surface area contributed by atoms with Crippen LogP contribution in [0.4, 0.5) is 5.82 Å². The van der Waals surface area contributed by atoms with Crippen LogP contribution in [0, 0.1) is 11.3 Å². The van der Waals surface area contributed by atoms with Crippen molar-refractivity contribution in [3.05, 3.63) is 23.9 Å². The van der Waals surface area contributed by atoms with Crippen LogP contribution in [0.2, 0.25) is 0 Å². The minimum atomic E-state index is -3.18. The molecule has 1 unspecified atom stereocenters. The lowest BCUT2D eigenvalue weighted by molar-refractivity contribution is 0.321. The van der Waals surface area contributed by atoms with Gasteiger partial charge in [-0.05, 0) is 25.0 Å². The van der Waals surface area contributed by atoms with E-state index in [1.54, 1.807) is 25.4 Å². The molecule has 1 aliphatic heterocycles. The maximum absolute atomic E-state index is 11.6. The van der Waals surface area contributed by atoms with Gasteiger partial charge in [0.2, 0.25) is 10.0 Å². The second kappa shape index (κ2) is 5.77. The van der Waals surface area contributed by atoms with E-state index in [0.29, 0.717) is 12.1 Å². The molecule has 7 heteroatoms. The van der Waals surface area contributed by atoms with Crippen molar-refractivity contribution in [1.82, 2.24) is 9.29 Å². The van der Waals surface area contributed by atoms with Gasteiger partial charge in [-0.25, -0.2) is 17.7 Å². The highest BCUT2D eigenvalue weighted by atomic mass is 32.2. The molecule has 20 heavy (non-hydrogen) atoms. The van der Waals surface area contributed by atoms with E-state index in [-0.39, 0.29) is 6.04 Å². The number of likely N-dealkylation sites (N-methyl/N-ethyl adjacent to an activating group) is 1. The molecule has 0 N–H and O–H groups in total. The second-order valence-corrected chi connectivity index (χ2v) is 7.08. The first-order valence-electron chi connectivity index (χ1n) is 6.46. The Morgan fingerprint density at radius 1 is 1.50 bits per heavy atom. The summed E-state index contributed by atoms with van der Waals surface area (Å²) in [6.45, 7) is 1.48. The van der Waals surface area contributed by atoms with Gasteiger partial charge in [-0.15, -0.1) is 0 Å². The van der Waals surface area contributed by atoms with E-state index in [9.17, 15) is 8.42 Å². The van der Waals surface area contributed by atoms with Gasteiger partial charge in [-0.1, -0.05) is 0 Å². The van der Waals surface area contributed by atoms with Crippen molar-refractivity contribution in [2.24, 2.45) is 0 Å². The zero-order valence-electron chi connectivity index (χ0n) is 11.7. The molecule has 6 nitrogen and oxygen atoms in total. The Morgan fingerprint density at radius 2 is 2.25 bits per heavy atom. The first kappa shape index (κ1) is 14.8. The van der Waals surface area contributed by atoms with Crippen LogP contribution in [-0.4, -0.2) is 50.1 Å². The summed E-state index contributed by atoms with van der Waals surface area (Å²) < 4.78 is 24.7. The van der Waals surface area contributed by atoms with E-state index in [1.807, 2.05) is 6.07 Å². The molecule has 0 aromatic carbocycles. The molecular formula is C13H18N4O2S. The molecule has 1 fully saturated rings. The van der Waals surface area contributed by atoms with Gasteiger partial charge >= 0.3 is 0 Å². The molecule has 1 aliphatic rings. The maximum Gasteiger partial charge on any atom is 0.211 e. The quantitative estimate of drug-likeness (QED) is 0.824. The minimum absolute atomic E-state index is 0.0313. The Bertz CT molecular complexity index is 606. The highest BCUT2D eigenvalue weighted by Crippen LogP contribution is 2.21. The van der Waals surface area contributed by atoms with E-state index >= 15 is 0 Å². The lowest BCUT2D eigenvalue weighted by Crippen LogP contribution is -2.48. The van der Waals surface area contributed by atoms with Crippen molar-refractivity contribution >= 4 is 15.8 Å². The summed E-state index contributed by atoms with van der Waals surface area (Å²) in [5, 5.41) is 8.77. The van der Waals surface area contributed by atoms with Crippen LogP contribution in [0.25, 0.3) is 0 Å². The number of nitriles is 1. The van der Waals surface area contributed by atoms with Crippen molar-refractivity contribution < 1.29 is 8.42 Å². The number of anilines is 1. The van der Waals surface area contributed by atoms with Crippen molar-refractivity contribution in [2.45, 2.75) is 18.9 Å². The van der Waals surface area contributed by atoms with E-state index in [1.165, 1.54) is 10.6 Å². The van der Waals surface area contributed by atoms with Gasteiger partial charge in [0.25, 0.3) is 0 Å².